The number of nitrogens with zero attached hydrogens (tertiary/aromatic N) is 1. The molecule has 4 aromatic rings. The number of fused-ring (bicyclic) bond motifs is 2. The number of rotatable bonds is 4. The van der Waals surface area contributed by atoms with Crippen LogP contribution in [0.15, 0.2) is 65.8 Å². The average Bonchev–Trinajstić information content (AvgIpc) is 3.31. The lowest BCUT2D eigenvalue weighted by Crippen LogP contribution is -1.95. The van der Waals surface area contributed by atoms with Crippen molar-refractivity contribution in [3.63, 3.8) is 0 Å². The van der Waals surface area contributed by atoms with Gasteiger partial charge in [-0.1, -0.05) is 30.3 Å². The van der Waals surface area contributed by atoms with E-state index in [1.54, 1.807) is 0 Å². The number of hydrogen-bond acceptors (Lipinski definition) is 2. The number of benzene rings is 2. The van der Waals surface area contributed by atoms with Gasteiger partial charge in [-0.25, -0.2) is 0 Å². The fourth-order valence-electron chi connectivity index (χ4n) is 3.54. The summed E-state index contributed by atoms with van der Waals surface area (Å²) in [5.74, 6) is 0. The van der Waals surface area contributed by atoms with Crippen molar-refractivity contribution in [1.29, 1.82) is 0 Å². The predicted molar refractivity (Wildman–Crippen MR) is 112 cm³/mol. The molecule has 0 aliphatic rings. The largest absolute Gasteiger partial charge is 0.392 e. The fourth-order valence-corrected chi connectivity index (χ4v) is 3.54. The summed E-state index contributed by atoms with van der Waals surface area (Å²) in [7, 11) is 0. The van der Waals surface area contributed by atoms with Crippen molar-refractivity contribution in [3.8, 4) is 11.4 Å². The molecular weight excluding hydrogens is 334 g/mol. The molecule has 2 aromatic carbocycles. The van der Waals surface area contributed by atoms with Gasteiger partial charge in [0.15, 0.2) is 0 Å². The minimum absolute atomic E-state index is 0.0495. The highest BCUT2D eigenvalue weighted by Crippen LogP contribution is 2.31. The van der Waals surface area contributed by atoms with Crippen molar-refractivity contribution in [2.75, 3.05) is 6.61 Å². The van der Waals surface area contributed by atoms with Crippen LogP contribution in [0, 0.1) is 0 Å². The first-order chi connectivity index (χ1) is 13.1. The standard InChI is InChI=1S/C23H23N3O/c1-4-16(13-27)14(2)15(3)17-9-10-21-19(11-17)23(26-25-21)22-12-18-7-5-6-8-20(18)24-22/h4-12,24,27H,13H2,1-3H3,(H,25,26)/b15-14+,16-4-. The fraction of sp³-hybridized carbons (Fsp3) is 0.174. The smallest absolute Gasteiger partial charge is 0.116 e. The number of aromatic amines is 2. The highest BCUT2D eigenvalue weighted by atomic mass is 16.3. The Morgan fingerprint density at radius 2 is 1.89 bits per heavy atom. The summed E-state index contributed by atoms with van der Waals surface area (Å²) in [5.41, 5.74) is 8.38. The van der Waals surface area contributed by atoms with Gasteiger partial charge in [0.2, 0.25) is 0 Å². The Morgan fingerprint density at radius 1 is 1.07 bits per heavy atom. The van der Waals surface area contributed by atoms with Crippen LogP contribution in [0.5, 0.6) is 0 Å². The number of allylic oxidation sites excluding steroid dienone is 2. The second kappa shape index (κ2) is 6.89. The van der Waals surface area contributed by atoms with Crippen LogP contribution in [0.25, 0.3) is 38.8 Å². The molecule has 4 rings (SSSR count). The lowest BCUT2D eigenvalue weighted by molar-refractivity contribution is 0.333. The topological polar surface area (TPSA) is 64.7 Å². The van der Waals surface area contributed by atoms with Gasteiger partial charge in [0.05, 0.1) is 17.8 Å². The molecule has 0 atom stereocenters. The first kappa shape index (κ1) is 17.3. The zero-order valence-electron chi connectivity index (χ0n) is 15.8. The summed E-state index contributed by atoms with van der Waals surface area (Å²) >= 11 is 0. The van der Waals surface area contributed by atoms with Gasteiger partial charge in [0.25, 0.3) is 0 Å². The molecular formula is C23H23N3O. The van der Waals surface area contributed by atoms with Crippen LogP contribution in [0.2, 0.25) is 0 Å². The molecule has 4 nitrogen and oxygen atoms in total. The monoisotopic (exact) mass is 357 g/mol. The molecule has 0 amide bonds. The molecule has 0 spiro atoms. The summed E-state index contributed by atoms with van der Waals surface area (Å²) in [6, 6.07) is 16.7. The third kappa shape index (κ3) is 2.98. The van der Waals surface area contributed by atoms with E-state index in [9.17, 15) is 5.11 Å². The summed E-state index contributed by atoms with van der Waals surface area (Å²) in [6.45, 7) is 6.15. The SMILES string of the molecule is C/C=C(CO)\C(C)=C(/C)c1ccc2[nH]nc(-c3cc4ccccc4[nH]3)c2c1. The average molecular weight is 357 g/mol. The van der Waals surface area contributed by atoms with Gasteiger partial charge in [0.1, 0.15) is 5.69 Å². The number of hydrogen-bond donors (Lipinski definition) is 3. The van der Waals surface area contributed by atoms with Crippen molar-refractivity contribution >= 4 is 27.4 Å². The van der Waals surface area contributed by atoms with E-state index in [-0.39, 0.29) is 6.61 Å². The highest BCUT2D eigenvalue weighted by molar-refractivity contribution is 5.97. The van der Waals surface area contributed by atoms with Gasteiger partial charge in [-0.15, -0.1) is 0 Å². The molecule has 0 aliphatic carbocycles. The van der Waals surface area contributed by atoms with Crippen LogP contribution in [0.1, 0.15) is 26.3 Å². The molecule has 0 aliphatic heterocycles. The van der Waals surface area contributed by atoms with E-state index < -0.39 is 0 Å². The zero-order chi connectivity index (χ0) is 19.0. The van der Waals surface area contributed by atoms with Crippen molar-refractivity contribution in [1.82, 2.24) is 15.2 Å². The van der Waals surface area contributed by atoms with Crippen LogP contribution < -0.4 is 0 Å². The maximum absolute atomic E-state index is 9.57. The predicted octanol–water partition coefficient (Wildman–Crippen LogP) is 5.44. The summed E-state index contributed by atoms with van der Waals surface area (Å²) in [5, 5.41) is 19.5. The number of para-hydroxylation sites is 1. The summed E-state index contributed by atoms with van der Waals surface area (Å²) in [6.07, 6.45) is 1.96. The van der Waals surface area contributed by atoms with Crippen LogP contribution in [-0.2, 0) is 0 Å². The first-order valence-electron chi connectivity index (χ1n) is 9.13. The number of aliphatic hydroxyl groups is 1. The molecule has 2 heterocycles. The van der Waals surface area contributed by atoms with Crippen molar-refractivity contribution < 1.29 is 5.11 Å². The van der Waals surface area contributed by atoms with Crippen molar-refractivity contribution in [2.45, 2.75) is 20.8 Å². The Kier molecular flexibility index (Phi) is 4.42. The van der Waals surface area contributed by atoms with Crippen molar-refractivity contribution in [2.24, 2.45) is 0 Å². The molecule has 0 saturated carbocycles. The molecule has 4 heteroatoms. The molecule has 3 N–H and O–H groups in total. The van der Waals surface area contributed by atoms with E-state index in [2.05, 4.69) is 65.4 Å². The minimum Gasteiger partial charge on any atom is -0.392 e. The van der Waals surface area contributed by atoms with E-state index in [0.29, 0.717) is 0 Å². The lowest BCUT2D eigenvalue weighted by Gasteiger charge is -2.10. The van der Waals surface area contributed by atoms with Gasteiger partial charge in [-0.3, -0.25) is 5.10 Å². The molecule has 0 unspecified atom stereocenters. The molecule has 0 bridgehead atoms. The second-order valence-corrected chi connectivity index (χ2v) is 6.82. The first-order valence-corrected chi connectivity index (χ1v) is 9.13. The van der Waals surface area contributed by atoms with Gasteiger partial charge >= 0.3 is 0 Å². The van der Waals surface area contributed by atoms with Crippen molar-refractivity contribution in [3.05, 3.63) is 71.3 Å². The zero-order valence-corrected chi connectivity index (χ0v) is 15.8. The minimum atomic E-state index is 0.0495. The Morgan fingerprint density at radius 3 is 2.63 bits per heavy atom. The lowest BCUT2D eigenvalue weighted by atomic mass is 9.96. The number of aliphatic hydroxyl groups excluding tert-OH is 1. The Labute approximate surface area is 158 Å². The van der Waals surface area contributed by atoms with Gasteiger partial charge in [-0.2, -0.15) is 5.10 Å². The highest BCUT2D eigenvalue weighted by Gasteiger charge is 2.13. The molecule has 0 saturated heterocycles. The Balaban J connectivity index is 1.85. The number of H-pyrrole nitrogens is 2. The number of aromatic nitrogens is 3. The normalized spacial score (nSPS) is 13.4. The van der Waals surface area contributed by atoms with E-state index in [1.165, 1.54) is 5.39 Å². The third-order valence-electron chi connectivity index (χ3n) is 5.34. The molecule has 136 valence electrons. The van der Waals surface area contributed by atoms with Gasteiger partial charge < -0.3 is 10.1 Å². The Bertz CT molecular complexity index is 1160. The Hall–Kier alpha value is -3.11. The van der Waals surface area contributed by atoms with Crippen LogP contribution in [-0.4, -0.2) is 26.9 Å². The van der Waals surface area contributed by atoms with Crippen LogP contribution >= 0.6 is 0 Å². The van der Waals surface area contributed by atoms with Crippen LogP contribution in [0.3, 0.4) is 0 Å². The molecule has 27 heavy (non-hydrogen) atoms. The summed E-state index contributed by atoms with van der Waals surface area (Å²) < 4.78 is 0. The van der Waals surface area contributed by atoms with E-state index in [1.807, 2.05) is 25.1 Å². The maximum atomic E-state index is 9.57. The maximum Gasteiger partial charge on any atom is 0.116 e. The van der Waals surface area contributed by atoms with E-state index >= 15 is 0 Å². The second-order valence-electron chi connectivity index (χ2n) is 6.82. The van der Waals surface area contributed by atoms with Gasteiger partial charge in [0, 0.05) is 16.3 Å². The molecule has 0 radical (unpaired) electrons. The number of nitrogens with one attached hydrogen (secondary N) is 2. The van der Waals surface area contributed by atoms with Crippen LogP contribution in [0.4, 0.5) is 0 Å². The van der Waals surface area contributed by atoms with Gasteiger partial charge in [-0.05, 0) is 67.3 Å². The third-order valence-corrected chi connectivity index (χ3v) is 5.34. The molecule has 2 aromatic heterocycles. The molecule has 0 fully saturated rings. The van der Waals surface area contributed by atoms with E-state index in [0.717, 1.165) is 50.1 Å². The summed E-state index contributed by atoms with van der Waals surface area (Å²) in [4.78, 5) is 3.46. The van der Waals surface area contributed by atoms with E-state index in [4.69, 9.17) is 0 Å². The quantitative estimate of drug-likeness (QED) is 0.426.